The molecule has 0 amide bonds. The Morgan fingerprint density at radius 2 is 1.80 bits per heavy atom. The van der Waals surface area contributed by atoms with Gasteiger partial charge in [0.2, 0.25) is 0 Å². The molecule has 0 aliphatic heterocycles. The Morgan fingerprint density at radius 3 is 2.30 bits per heavy atom. The summed E-state index contributed by atoms with van der Waals surface area (Å²) in [6.45, 7) is 4.84. The van der Waals surface area contributed by atoms with Gasteiger partial charge in [-0.1, -0.05) is 0 Å². The first-order valence-corrected chi connectivity index (χ1v) is 7.62. The van der Waals surface area contributed by atoms with Crippen molar-refractivity contribution in [2.45, 2.75) is 37.0 Å². The van der Waals surface area contributed by atoms with Gasteiger partial charge in [0.15, 0.2) is 0 Å². The van der Waals surface area contributed by atoms with Crippen LogP contribution in [0.25, 0.3) is 0 Å². The van der Waals surface area contributed by atoms with Crippen molar-refractivity contribution in [2.75, 3.05) is 4.93 Å². The molecule has 1 saturated carbocycles. The summed E-state index contributed by atoms with van der Waals surface area (Å²) < 4.78 is 1.16. The van der Waals surface area contributed by atoms with E-state index in [2.05, 4.69) is 18.8 Å². The van der Waals surface area contributed by atoms with Crippen LogP contribution in [0.5, 0.6) is 0 Å². The Labute approximate surface area is 75.0 Å². The zero-order valence-corrected chi connectivity index (χ0v) is 9.39. The van der Waals surface area contributed by atoms with Crippen LogP contribution in [0, 0.1) is 11.8 Å². The molecule has 1 rings (SSSR count). The van der Waals surface area contributed by atoms with Crippen LogP contribution in [-0.4, -0.2) is 8.86 Å². The van der Waals surface area contributed by atoms with Crippen molar-refractivity contribution >= 4 is 0 Å². The molecule has 1 fully saturated rings. The van der Waals surface area contributed by atoms with E-state index in [-0.39, 0.29) is 0 Å². The molecule has 0 aromatic heterocycles. The van der Waals surface area contributed by atoms with Gasteiger partial charge in [-0.2, -0.15) is 0 Å². The van der Waals surface area contributed by atoms with E-state index in [9.17, 15) is 0 Å². The van der Waals surface area contributed by atoms with Crippen molar-refractivity contribution in [3.8, 4) is 0 Å². The van der Waals surface area contributed by atoms with E-state index in [4.69, 9.17) is 0 Å². The quantitative estimate of drug-likeness (QED) is 0.438. The van der Waals surface area contributed by atoms with E-state index in [1.165, 1.54) is 19.3 Å². The third kappa shape index (κ3) is 2.11. The minimum atomic E-state index is 0.540. The van der Waals surface area contributed by atoms with E-state index >= 15 is 0 Å². The van der Waals surface area contributed by atoms with Gasteiger partial charge in [-0.3, -0.25) is 0 Å². The molecule has 3 unspecified atom stereocenters. The van der Waals surface area contributed by atoms with Gasteiger partial charge >= 0.3 is 75.0 Å². The molecule has 0 spiro atoms. The molecule has 0 aromatic rings. The average molecular weight is 253 g/mol. The summed E-state index contributed by atoms with van der Waals surface area (Å²) in [7, 11) is 0. The van der Waals surface area contributed by atoms with Gasteiger partial charge in [0, 0.05) is 0 Å². The predicted molar refractivity (Wildman–Crippen MR) is 41.9 cm³/mol. The van der Waals surface area contributed by atoms with Crippen LogP contribution in [0.2, 0.25) is 0 Å². The maximum atomic E-state index is 2.44. The van der Waals surface area contributed by atoms with E-state index in [1.54, 1.807) is 0 Å². The molecule has 3 atom stereocenters. The SMILES string of the molecule is C[I-]C1CCC(C)C(C)C1. The second kappa shape index (κ2) is 3.93. The summed E-state index contributed by atoms with van der Waals surface area (Å²) in [6, 6.07) is 0. The van der Waals surface area contributed by atoms with Crippen molar-refractivity contribution in [3.63, 3.8) is 0 Å². The molecule has 1 aliphatic carbocycles. The summed E-state index contributed by atoms with van der Waals surface area (Å²) in [5.74, 6) is 2.02. The third-order valence-corrected chi connectivity index (χ3v) is 5.74. The van der Waals surface area contributed by atoms with Crippen LogP contribution in [0.15, 0.2) is 0 Å². The third-order valence-electron chi connectivity index (χ3n) is 2.84. The molecular formula is C9H18I-. The molecular weight excluding hydrogens is 235 g/mol. The van der Waals surface area contributed by atoms with Gasteiger partial charge in [-0.25, -0.2) is 0 Å². The Kier molecular flexibility index (Phi) is 3.47. The molecule has 1 heteroatoms. The topological polar surface area (TPSA) is 0 Å². The number of halogens is 1. The fraction of sp³-hybridized carbons (Fsp3) is 1.00. The fourth-order valence-electron chi connectivity index (χ4n) is 1.68. The predicted octanol–water partition coefficient (Wildman–Crippen LogP) is -0.470. The van der Waals surface area contributed by atoms with E-state index in [0.717, 1.165) is 15.8 Å². The van der Waals surface area contributed by atoms with Gasteiger partial charge in [-0.15, -0.1) is 0 Å². The van der Waals surface area contributed by atoms with Gasteiger partial charge in [-0.05, 0) is 0 Å². The van der Waals surface area contributed by atoms with E-state index in [1.807, 2.05) is 0 Å². The summed E-state index contributed by atoms with van der Waals surface area (Å²) in [6.07, 6.45) is 4.57. The summed E-state index contributed by atoms with van der Waals surface area (Å²) >= 11 is 0.540. The molecule has 1 aliphatic rings. The van der Waals surface area contributed by atoms with Crippen LogP contribution in [0.4, 0.5) is 0 Å². The average Bonchev–Trinajstić information content (AvgIpc) is 1.95. The molecule has 0 saturated heterocycles. The second-order valence-electron chi connectivity index (χ2n) is 3.58. The summed E-state index contributed by atoms with van der Waals surface area (Å²) in [5, 5.41) is 0. The molecule has 0 nitrogen and oxygen atoms in total. The minimum absolute atomic E-state index is 0.540. The van der Waals surface area contributed by atoms with Crippen molar-refractivity contribution in [3.05, 3.63) is 0 Å². The van der Waals surface area contributed by atoms with Crippen LogP contribution in [-0.2, 0) is 0 Å². The zero-order valence-electron chi connectivity index (χ0n) is 7.23. The standard InChI is InChI=1S/C9H18I/c1-7-4-5-9(10-3)6-8(7)2/h7-9H,4-6H2,1-3H3/q-1. The van der Waals surface area contributed by atoms with Crippen LogP contribution in [0.3, 0.4) is 0 Å². The Balaban J connectivity index is 2.33. The Hall–Kier alpha value is 0.730. The number of alkyl halides is 2. The Morgan fingerprint density at radius 1 is 1.10 bits per heavy atom. The van der Waals surface area contributed by atoms with Gasteiger partial charge < -0.3 is 0 Å². The van der Waals surface area contributed by atoms with E-state index in [0.29, 0.717) is 21.2 Å². The van der Waals surface area contributed by atoms with Crippen molar-refractivity contribution < 1.29 is 21.2 Å². The van der Waals surface area contributed by atoms with Crippen LogP contribution in [0.1, 0.15) is 33.1 Å². The molecule has 0 bridgehead atoms. The normalized spacial score (nSPS) is 42.1. The molecule has 10 heavy (non-hydrogen) atoms. The monoisotopic (exact) mass is 253 g/mol. The van der Waals surface area contributed by atoms with Gasteiger partial charge in [0.1, 0.15) is 0 Å². The molecule has 62 valence electrons. The number of rotatable bonds is 1. The maximum absolute atomic E-state index is 2.44. The number of hydrogen-bond acceptors (Lipinski definition) is 0. The Bertz CT molecular complexity index is 101. The first kappa shape index (κ1) is 8.82. The van der Waals surface area contributed by atoms with Gasteiger partial charge in [0.25, 0.3) is 0 Å². The summed E-state index contributed by atoms with van der Waals surface area (Å²) in [5.41, 5.74) is 0. The van der Waals surface area contributed by atoms with Crippen molar-refractivity contribution in [2.24, 2.45) is 11.8 Å². The fourth-order valence-corrected chi connectivity index (χ4v) is 3.97. The van der Waals surface area contributed by atoms with Crippen LogP contribution >= 0.6 is 0 Å². The van der Waals surface area contributed by atoms with Crippen molar-refractivity contribution in [1.29, 1.82) is 0 Å². The first-order chi connectivity index (χ1) is 4.74. The second-order valence-corrected chi connectivity index (χ2v) is 6.59. The molecule has 0 heterocycles. The van der Waals surface area contributed by atoms with E-state index < -0.39 is 0 Å². The zero-order chi connectivity index (χ0) is 7.56. The van der Waals surface area contributed by atoms with Crippen LogP contribution < -0.4 is 21.2 Å². The first-order valence-electron chi connectivity index (χ1n) is 4.22. The van der Waals surface area contributed by atoms with Gasteiger partial charge in [0.05, 0.1) is 0 Å². The van der Waals surface area contributed by atoms with Crippen molar-refractivity contribution in [1.82, 2.24) is 0 Å². The molecule has 0 N–H and O–H groups in total. The molecule has 0 radical (unpaired) electrons. The number of hydrogen-bond donors (Lipinski definition) is 0. The summed E-state index contributed by atoms with van der Waals surface area (Å²) in [4.78, 5) is 2.44. The molecule has 0 aromatic carbocycles.